The first kappa shape index (κ1) is 9.51. The van der Waals surface area contributed by atoms with Crippen molar-refractivity contribution in [1.29, 1.82) is 0 Å². The Morgan fingerprint density at radius 1 is 1.47 bits per heavy atom. The Labute approximate surface area is 86.8 Å². The minimum Gasteiger partial charge on any atom is -0.506 e. The van der Waals surface area contributed by atoms with Crippen LogP contribution in [0, 0.1) is 0 Å². The minimum atomic E-state index is -0.325. The molecule has 0 aliphatic carbocycles. The Kier molecular flexibility index (Phi) is 2.53. The van der Waals surface area contributed by atoms with E-state index in [1.54, 1.807) is 18.2 Å². The number of rotatable bonds is 2. The van der Waals surface area contributed by atoms with Crippen molar-refractivity contribution in [1.82, 2.24) is 5.32 Å². The fourth-order valence-corrected chi connectivity index (χ4v) is 1.31. The number of amidine groups is 1. The number of nitrogens with one attached hydrogen (secondary N) is 2. The molecule has 0 atom stereocenters. The lowest BCUT2D eigenvalue weighted by Crippen LogP contribution is -2.32. The summed E-state index contributed by atoms with van der Waals surface area (Å²) in [5.74, 6) is 0.0386. The van der Waals surface area contributed by atoms with E-state index in [0.717, 1.165) is 0 Å². The zero-order chi connectivity index (χ0) is 10.7. The molecule has 1 aromatic carbocycles. The highest BCUT2D eigenvalue weighted by molar-refractivity contribution is 6.42. The van der Waals surface area contributed by atoms with Gasteiger partial charge in [0.05, 0.1) is 12.2 Å². The number of aliphatic imine (C=N–C) groups is 1. The van der Waals surface area contributed by atoms with Gasteiger partial charge in [0, 0.05) is 6.54 Å². The Morgan fingerprint density at radius 3 is 2.93 bits per heavy atom. The highest BCUT2D eigenvalue weighted by atomic mass is 16.3. The molecule has 0 aromatic heterocycles. The van der Waals surface area contributed by atoms with E-state index in [-0.39, 0.29) is 11.7 Å². The molecule has 0 fully saturated rings. The van der Waals surface area contributed by atoms with Crippen LogP contribution in [0.3, 0.4) is 0 Å². The average Bonchev–Trinajstić information content (AvgIpc) is 2.74. The van der Waals surface area contributed by atoms with Gasteiger partial charge in [-0.15, -0.1) is 0 Å². The Morgan fingerprint density at radius 2 is 2.27 bits per heavy atom. The normalized spacial score (nSPS) is 14.3. The van der Waals surface area contributed by atoms with Crippen molar-refractivity contribution in [2.24, 2.45) is 4.99 Å². The second-order valence-electron chi connectivity index (χ2n) is 3.13. The number of phenols is 1. The first-order chi connectivity index (χ1) is 7.27. The summed E-state index contributed by atoms with van der Waals surface area (Å²) in [5, 5.41) is 14.8. The molecule has 0 unspecified atom stereocenters. The molecular formula is C10H11N3O2. The molecule has 1 aliphatic heterocycles. The van der Waals surface area contributed by atoms with Crippen molar-refractivity contribution in [3.63, 3.8) is 0 Å². The van der Waals surface area contributed by atoms with Gasteiger partial charge in [-0.1, -0.05) is 12.1 Å². The van der Waals surface area contributed by atoms with Crippen LogP contribution in [0.4, 0.5) is 5.69 Å². The average molecular weight is 205 g/mol. The number of para-hydroxylation sites is 2. The van der Waals surface area contributed by atoms with E-state index < -0.39 is 0 Å². The number of hydrogen-bond acceptors (Lipinski definition) is 4. The molecule has 0 radical (unpaired) electrons. The van der Waals surface area contributed by atoms with Crippen LogP contribution in [0.5, 0.6) is 5.75 Å². The fraction of sp³-hybridized carbons (Fsp3) is 0.200. The first-order valence-electron chi connectivity index (χ1n) is 4.65. The molecule has 15 heavy (non-hydrogen) atoms. The number of carbonyl (C=O) groups is 1. The third-order valence-corrected chi connectivity index (χ3v) is 2.04. The van der Waals surface area contributed by atoms with Gasteiger partial charge in [-0.05, 0) is 12.1 Å². The highest BCUT2D eigenvalue weighted by Crippen LogP contribution is 2.21. The number of phenolic OH excluding ortho intramolecular Hbond substituents is 1. The Bertz CT molecular complexity index is 415. The molecule has 0 saturated carbocycles. The quantitative estimate of drug-likeness (QED) is 0.609. The van der Waals surface area contributed by atoms with E-state index in [4.69, 9.17) is 0 Å². The van der Waals surface area contributed by atoms with Crippen molar-refractivity contribution >= 4 is 17.4 Å². The molecule has 5 nitrogen and oxygen atoms in total. The molecule has 3 N–H and O–H groups in total. The summed E-state index contributed by atoms with van der Waals surface area (Å²) in [6, 6.07) is 6.57. The topological polar surface area (TPSA) is 73.7 Å². The first-order valence-corrected chi connectivity index (χ1v) is 4.65. The van der Waals surface area contributed by atoms with Gasteiger partial charge < -0.3 is 15.7 Å². The van der Waals surface area contributed by atoms with Crippen LogP contribution >= 0.6 is 0 Å². The van der Waals surface area contributed by atoms with Gasteiger partial charge in [0.1, 0.15) is 5.75 Å². The van der Waals surface area contributed by atoms with Crippen molar-refractivity contribution in [3.8, 4) is 5.75 Å². The van der Waals surface area contributed by atoms with E-state index in [1.165, 1.54) is 6.07 Å². The van der Waals surface area contributed by atoms with E-state index in [2.05, 4.69) is 15.6 Å². The van der Waals surface area contributed by atoms with Gasteiger partial charge in [-0.25, -0.2) is 0 Å². The van der Waals surface area contributed by atoms with Crippen LogP contribution < -0.4 is 10.6 Å². The van der Waals surface area contributed by atoms with Gasteiger partial charge in [-0.3, -0.25) is 9.79 Å². The van der Waals surface area contributed by atoms with Crippen LogP contribution in [-0.4, -0.2) is 29.9 Å². The molecule has 0 bridgehead atoms. The van der Waals surface area contributed by atoms with Gasteiger partial charge in [-0.2, -0.15) is 0 Å². The fourth-order valence-electron chi connectivity index (χ4n) is 1.31. The number of carbonyl (C=O) groups excluding carboxylic acids is 1. The SMILES string of the molecule is O=C(Nc1ccccc1O)C1=NCCN1. The summed E-state index contributed by atoms with van der Waals surface area (Å²) in [7, 11) is 0. The number of nitrogens with zero attached hydrogens (tertiary/aromatic N) is 1. The molecule has 1 amide bonds. The third-order valence-electron chi connectivity index (χ3n) is 2.04. The molecular weight excluding hydrogens is 194 g/mol. The summed E-state index contributed by atoms with van der Waals surface area (Å²) >= 11 is 0. The summed E-state index contributed by atoms with van der Waals surface area (Å²) in [6.45, 7) is 1.30. The van der Waals surface area contributed by atoms with Crippen molar-refractivity contribution in [2.45, 2.75) is 0 Å². The molecule has 1 aromatic rings. The van der Waals surface area contributed by atoms with Crippen molar-refractivity contribution in [3.05, 3.63) is 24.3 Å². The standard InChI is InChI=1S/C10H11N3O2/c14-8-4-2-1-3-7(8)13-10(15)9-11-5-6-12-9/h1-4,14H,5-6H2,(H,11,12)(H,13,15). The number of amides is 1. The molecule has 0 spiro atoms. The lowest BCUT2D eigenvalue weighted by molar-refractivity contribution is -0.110. The zero-order valence-electron chi connectivity index (χ0n) is 8.03. The van der Waals surface area contributed by atoms with E-state index in [9.17, 15) is 9.90 Å². The minimum absolute atomic E-state index is 0.0458. The van der Waals surface area contributed by atoms with E-state index >= 15 is 0 Å². The predicted octanol–water partition coefficient (Wildman–Crippen LogP) is 0.332. The van der Waals surface area contributed by atoms with Gasteiger partial charge in [0.15, 0.2) is 5.84 Å². The largest absolute Gasteiger partial charge is 0.506 e. The zero-order valence-corrected chi connectivity index (χ0v) is 8.03. The predicted molar refractivity (Wildman–Crippen MR) is 57.0 cm³/mol. The lowest BCUT2D eigenvalue weighted by atomic mass is 10.3. The molecule has 5 heteroatoms. The molecule has 78 valence electrons. The van der Waals surface area contributed by atoms with Gasteiger partial charge in [0.2, 0.25) is 0 Å². The Hall–Kier alpha value is -2.04. The smallest absolute Gasteiger partial charge is 0.290 e. The Balaban J connectivity index is 2.09. The number of hydrogen-bond donors (Lipinski definition) is 3. The summed E-state index contributed by atoms with van der Waals surface area (Å²) in [4.78, 5) is 15.5. The van der Waals surface area contributed by atoms with Gasteiger partial charge >= 0.3 is 0 Å². The van der Waals surface area contributed by atoms with Crippen LogP contribution in [-0.2, 0) is 4.79 Å². The summed E-state index contributed by atoms with van der Waals surface area (Å²) in [6.07, 6.45) is 0. The number of aromatic hydroxyl groups is 1. The summed E-state index contributed by atoms with van der Waals surface area (Å²) in [5.41, 5.74) is 0.388. The second-order valence-corrected chi connectivity index (χ2v) is 3.13. The van der Waals surface area contributed by atoms with Crippen LogP contribution in [0.1, 0.15) is 0 Å². The van der Waals surface area contributed by atoms with Crippen molar-refractivity contribution < 1.29 is 9.90 Å². The highest BCUT2D eigenvalue weighted by Gasteiger charge is 2.15. The maximum atomic E-state index is 11.6. The molecule has 1 heterocycles. The van der Waals surface area contributed by atoms with Crippen LogP contribution in [0.2, 0.25) is 0 Å². The second kappa shape index (κ2) is 4.00. The third kappa shape index (κ3) is 2.07. The number of benzene rings is 1. The van der Waals surface area contributed by atoms with E-state index in [0.29, 0.717) is 24.6 Å². The monoisotopic (exact) mass is 205 g/mol. The maximum absolute atomic E-state index is 11.6. The van der Waals surface area contributed by atoms with Crippen molar-refractivity contribution in [2.75, 3.05) is 18.4 Å². The molecule has 1 aliphatic rings. The van der Waals surface area contributed by atoms with Crippen LogP contribution in [0.25, 0.3) is 0 Å². The molecule has 2 rings (SSSR count). The van der Waals surface area contributed by atoms with Crippen LogP contribution in [0.15, 0.2) is 29.3 Å². The lowest BCUT2D eigenvalue weighted by Gasteiger charge is -2.06. The summed E-state index contributed by atoms with van der Waals surface area (Å²) < 4.78 is 0. The van der Waals surface area contributed by atoms with Gasteiger partial charge in [0.25, 0.3) is 5.91 Å². The molecule has 0 saturated heterocycles. The van der Waals surface area contributed by atoms with E-state index in [1.807, 2.05) is 0 Å². The maximum Gasteiger partial charge on any atom is 0.290 e. The number of anilines is 1.